The van der Waals surface area contributed by atoms with Crippen LogP contribution >= 0.6 is 11.8 Å². The first-order valence-electron chi connectivity index (χ1n) is 7.65. The number of H-pyrrole nitrogens is 1. The van der Waals surface area contributed by atoms with Crippen LogP contribution in [-0.4, -0.2) is 24.9 Å². The zero-order valence-corrected chi connectivity index (χ0v) is 14.5. The molecular formula is C16H17N5O2S. The predicted molar refractivity (Wildman–Crippen MR) is 91.2 cm³/mol. The topological polar surface area (TPSA) is 89.6 Å². The van der Waals surface area contributed by atoms with Crippen molar-refractivity contribution in [1.82, 2.24) is 24.9 Å². The van der Waals surface area contributed by atoms with Gasteiger partial charge in [0.1, 0.15) is 0 Å². The minimum Gasteiger partial charge on any atom is -0.334 e. The molecule has 0 saturated heterocycles. The van der Waals surface area contributed by atoms with Gasteiger partial charge < -0.3 is 4.52 Å². The van der Waals surface area contributed by atoms with E-state index in [0.29, 0.717) is 17.5 Å². The number of hydrogen-bond donors (Lipinski definition) is 1. The molecule has 3 aromatic rings. The fraction of sp³-hybridized carbons (Fsp3) is 0.375. The second kappa shape index (κ2) is 5.34. The third-order valence-corrected chi connectivity index (χ3v) is 4.87. The molecule has 1 N–H and O–H groups in total. The fourth-order valence-electron chi connectivity index (χ4n) is 2.49. The van der Waals surface area contributed by atoms with Crippen LogP contribution < -0.4 is 5.56 Å². The molecule has 7 nitrogen and oxygen atoms in total. The molecular weight excluding hydrogens is 326 g/mol. The van der Waals surface area contributed by atoms with Crippen LogP contribution in [0.5, 0.6) is 0 Å². The van der Waals surface area contributed by atoms with Gasteiger partial charge in [0.2, 0.25) is 0 Å². The van der Waals surface area contributed by atoms with Crippen LogP contribution in [0.3, 0.4) is 0 Å². The average Bonchev–Trinajstić information content (AvgIpc) is 3.24. The van der Waals surface area contributed by atoms with Gasteiger partial charge in [0, 0.05) is 23.1 Å². The number of aromatic nitrogens is 5. The molecule has 0 atom stereocenters. The number of thioether (sulfide) groups is 1. The van der Waals surface area contributed by atoms with Crippen molar-refractivity contribution >= 4 is 11.8 Å². The average molecular weight is 343 g/mol. The van der Waals surface area contributed by atoms with Crippen LogP contribution in [0.15, 0.2) is 27.6 Å². The Kier molecular flexibility index (Phi) is 3.38. The summed E-state index contributed by atoms with van der Waals surface area (Å²) in [4.78, 5) is 21.2. The highest BCUT2D eigenvalue weighted by molar-refractivity contribution is 7.98. The number of hydrogen-bond acceptors (Lipinski definition) is 6. The third-order valence-electron chi connectivity index (χ3n) is 3.89. The second-order valence-corrected chi connectivity index (χ2v) is 7.77. The van der Waals surface area contributed by atoms with E-state index >= 15 is 0 Å². The third kappa shape index (κ3) is 2.47. The molecule has 0 unspecified atom stereocenters. The van der Waals surface area contributed by atoms with Gasteiger partial charge in [-0.2, -0.15) is 16.7 Å². The number of pyridine rings is 1. The normalized spacial score (nSPS) is 14.1. The van der Waals surface area contributed by atoms with Gasteiger partial charge in [0.25, 0.3) is 11.4 Å². The summed E-state index contributed by atoms with van der Waals surface area (Å²) >= 11 is 1.74. The van der Waals surface area contributed by atoms with Crippen LogP contribution in [0.25, 0.3) is 17.3 Å². The molecule has 1 aliphatic rings. The van der Waals surface area contributed by atoms with Crippen LogP contribution in [0.4, 0.5) is 0 Å². The first-order valence-corrected chi connectivity index (χ1v) is 8.80. The minimum absolute atomic E-state index is 0.0249. The molecule has 0 aliphatic carbocycles. The lowest BCUT2D eigenvalue weighted by atomic mass is 9.96. The van der Waals surface area contributed by atoms with Crippen molar-refractivity contribution in [3.63, 3.8) is 0 Å². The Labute approximate surface area is 142 Å². The van der Waals surface area contributed by atoms with Crippen LogP contribution in [-0.2, 0) is 16.9 Å². The molecule has 0 saturated carbocycles. The molecule has 0 bridgehead atoms. The van der Waals surface area contributed by atoms with Gasteiger partial charge in [-0.3, -0.25) is 9.89 Å². The number of nitrogens with one attached hydrogen (secondary N) is 1. The maximum atomic E-state index is 12.4. The molecule has 3 aromatic heterocycles. The van der Waals surface area contributed by atoms with E-state index in [-0.39, 0.29) is 11.0 Å². The summed E-state index contributed by atoms with van der Waals surface area (Å²) in [6.07, 6.45) is 1.64. The minimum atomic E-state index is -0.175. The Morgan fingerprint density at radius 3 is 2.75 bits per heavy atom. The summed E-state index contributed by atoms with van der Waals surface area (Å²) in [5.41, 5.74) is 2.36. The molecule has 0 radical (unpaired) electrons. The predicted octanol–water partition coefficient (Wildman–Crippen LogP) is 2.65. The Balaban J connectivity index is 1.66. The summed E-state index contributed by atoms with van der Waals surface area (Å²) in [5.74, 6) is 3.23. The van der Waals surface area contributed by atoms with E-state index in [1.165, 1.54) is 4.68 Å². The largest absolute Gasteiger partial charge is 0.334 e. The summed E-state index contributed by atoms with van der Waals surface area (Å²) in [6.45, 7) is 6.08. The maximum Gasteiger partial charge on any atom is 0.276 e. The van der Waals surface area contributed by atoms with Crippen molar-refractivity contribution in [2.45, 2.75) is 37.7 Å². The molecule has 0 amide bonds. The van der Waals surface area contributed by atoms with E-state index in [1.54, 1.807) is 24.0 Å². The van der Waals surface area contributed by atoms with Crippen molar-refractivity contribution in [1.29, 1.82) is 0 Å². The molecule has 0 fully saturated rings. The van der Waals surface area contributed by atoms with Gasteiger partial charge in [-0.25, -0.2) is 9.67 Å². The van der Waals surface area contributed by atoms with Gasteiger partial charge in [-0.15, -0.1) is 0 Å². The van der Waals surface area contributed by atoms with Gasteiger partial charge in [-0.1, -0.05) is 25.9 Å². The van der Waals surface area contributed by atoms with Crippen LogP contribution in [0.2, 0.25) is 0 Å². The number of fused-ring (bicyclic) bond motifs is 1. The lowest BCUT2D eigenvalue weighted by Crippen LogP contribution is -2.17. The highest BCUT2D eigenvalue weighted by atomic mass is 32.2. The summed E-state index contributed by atoms with van der Waals surface area (Å²) in [5, 5.41) is 7.15. The van der Waals surface area contributed by atoms with Crippen molar-refractivity contribution in [2.24, 2.45) is 0 Å². The Morgan fingerprint density at radius 1 is 1.29 bits per heavy atom. The molecule has 1 aliphatic heterocycles. The zero-order valence-electron chi connectivity index (χ0n) is 13.7. The van der Waals surface area contributed by atoms with Crippen LogP contribution in [0.1, 0.15) is 37.9 Å². The second-order valence-electron chi connectivity index (χ2n) is 6.78. The molecule has 4 rings (SSSR count). The monoisotopic (exact) mass is 343 g/mol. The molecule has 4 heterocycles. The van der Waals surface area contributed by atoms with Gasteiger partial charge in [0.15, 0.2) is 11.6 Å². The zero-order chi connectivity index (χ0) is 16.9. The quantitative estimate of drug-likeness (QED) is 0.769. The number of rotatable bonds is 2. The maximum absolute atomic E-state index is 12.4. The lowest BCUT2D eigenvalue weighted by molar-refractivity contribution is 0.402. The molecule has 0 spiro atoms. The van der Waals surface area contributed by atoms with Crippen molar-refractivity contribution in [3.8, 4) is 17.3 Å². The smallest absolute Gasteiger partial charge is 0.276 e. The lowest BCUT2D eigenvalue weighted by Gasteiger charge is -2.10. The Bertz CT molecular complexity index is 946. The van der Waals surface area contributed by atoms with Crippen molar-refractivity contribution in [3.05, 3.63) is 45.8 Å². The number of aromatic amines is 1. The fourth-order valence-corrected chi connectivity index (χ4v) is 3.54. The highest BCUT2D eigenvalue weighted by Crippen LogP contribution is 2.27. The van der Waals surface area contributed by atoms with E-state index in [1.807, 2.05) is 26.8 Å². The summed E-state index contributed by atoms with van der Waals surface area (Å²) in [6, 6.07) is 3.60. The van der Waals surface area contributed by atoms with E-state index in [4.69, 9.17) is 4.52 Å². The molecule has 124 valence electrons. The van der Waals surface area contributed by atoms with E-state index < -0.39 is 0 Å². The summed E-state index contributed by atoms with van der Waals surface area (Å²) < 4.78 is 6.80. The standard InChI is InChI=1S/C16H17N5O2S/c1-16(2,3)15-18-13(23-20-15)9-4-5-12(17-6-9)21-14(22)10-7-24-8-11(10)19-21/h4-6,19H,7-8H2,1-3H3. The number of nitrogens with zero attached hydrogens (tertiary/aromatic N) is 4. The molecule has 8 heteroatoms. The first kappa shape index (κ1) is 15.2. The van der Waals surface area contributed by atoms with E-state index in [2.05, 4.69) is 20.2 Å². The Hall–Kier alpha value is -2.35. The van der Waals surface area contributed by atoms with Crippen LogP contribution in [0, 0.1) is 0 Å². The van der Waals surface area contributed by atoms with Crippen molar-refractivity contribution < 1.29 is 4.52 Å². The van der Waals surface area contributed by atoms with Gasteiger partial charge in [-0.05, 0) is 12.1 Å². The molecule has 0 aromatic carbocycles. The first-order chi connectivity index (χ1) is 11.4. The highest BCUT2D eigenvalue weighted by Gasteiger charge is 2.22. The van der Waals surface area contributed by atoms with Crippen molar-refractivity contribution in [2.75, 3.05) is 0 Å². The summed E-state index contributed by atoms with van der Waals surface area (Å²) in [7, 11) is 0. The van der Waals surface area contributed by atoms with E-state index in [9.17, 15) is 4.79 Å². The SMILES string of the molecule is CC(C)(C)c1noc(-c2ccc(-n3[nH]c4c(c3=O)CSC4)nc2)n1. The van der Waals surface area contributed by atoms with Gasteiger partial charge >= 0.3 is 0 Å². The van der Waals surface area contributed by atoms with Gasteiger partial charge in [0.05, 0.1) is 16.8 Å². The Morgan fingerprint density at radius 2 is 2.12 bits per heavy atom. The van der Waals surface area contributed by atoms with E-state index in [0.717, 1.165) is 28.3 Å². The molecule has 24 heavy (non-hydrogen) atoms.